The monoisotopic (exact) mass is 286 g/mol. The molecule has 2 aromatic rings. The minimum atomic E-state index is -0.0286. The van der Waals surface area contributed by atoms with Gasteiger partial charge in [-0.05, 0) is 25.0 Å². The summed E-state index contributed by atoms with van der Waals surface area (Å²) in [6.07, 6.45) is 6.86. The van der Waals surface area contributed by atoms with Crippen LogP contribution in [-0.2, 0) is 9.59 Å². The van der Waals surface area contributed by atoms with E-state index in [4.69, 9.17) is 0 Å². The van der Waals surface area contributed by atoms with Crippen LogP contribution in [-0.4, -0.2) is 39.2 Å². The number of fused-ring (bicyclic) bond motifs is 1. The van der Waals surface area contributed by atoms with Crippen molar-refractivity contribution < 1.29 is 9.59 Å². The molecule has 3 rings (SSSR count). The Bertz CT molecular complexity index is 671. The van der Waals surface area contributed by atoms with E-state index in [1.165, 1.54) is 0 Å². The van der Waals surface area contributed by atoms with Crippen molar-refractivity contribution in [2.45, 2.75) is 19.8 Å². The summed E-state index contributed by atoms with van der Waals surface area (Å²) in [6, 6.07) is 3.72. The average molecular weight is 286 g/mol. The van der Waals surface area contributed by atoms with Gasteiger partial charge < -0.3 is 14.6 Å². The standard InChI is InChI=1S/C15H18N4O2/c1-11(20)18-7-4-12(5-8-18)15(21)17-13-2-3-14-16-6-9-19(14)10-13/h2-3,6,9-10,12H,4-5,7-8H2,1H3,(H,17,21). The molecule has 1 fully saturated rings. The van der Waals surface area contributed by atoms with Crippen molar-refractivity contribution in [3.05, 3.63) is 30.7 Å². The van der Waals surface area contributed by atoms with E-state index in [9.17, 15) is 9.59 Å². The number of amides is 2. The van der Waals surface area contributed by atoms with Gasteiger partial charge in [-0.2, -0.15) is 0 Å². The molecule has 2 amide bonds. The highest BCUT2D eigenvalue weighted by molar-refractivity contribution is 5.92. The zero-order valence-electron chi connectivity index (χ0n) is 12.0. The van der Waals surface area contributed by atoms with Crippen molar-refractivity contribution in [1.29, 1.82) is 0 Å². The van der Waals surface area contributed by atoms with Gasteiger partial charge in [-0.15, -0.1) is 0 Å². The highest BCUT2D eigenvalue weighted by Crippen LogP contribution is 2.19. The third kappa shape index (κ3) is 2.89. The molecule has 0 spiro atoms. The number of nitrogens with one attached hydrogen (secondary N) is 1. The summed E-state index contributed by atoms with van der Waals surface area (Å²) >= 11 is 0. The Kier molecular flexibility index (Phi) is 3.60. The van der Waals surface area contributed by atoms with E-state index in [1.54, 1.807) is 18.0 Å². The molecule has 21 heavy (non-hydrogen) atoms. The number of nitrogens with zero attached hydrogens (tertiary/aromatic N) is 3. The molecule has 0 aliphatic carbocycles. The first-order valence-corrected chi connectivity index (χ1v) is 7.12. The van der Waals surface area contributed by atoms with Gasteiger partial charge in [0.2, 0.25) is 11.8 Å². The second kappa shape index (κ2) is 5.55. The van der Waals surface area contributed by atoms with Crippen LogP contribution < -0.4 is 5.32 Å². The van der Waals surface area contributed by atoms with Crippen molar-refractivity contribution in [3.63, 3.8) is 0 Å². The molecule has 0 saturated carbocycles. The van der Waals surface area contributed by atoms with Crippen LogP contribution in [0.3, 0.4) is 0 Å². The number of pyridine rings is 1. The van der Waals surface area contributed by atoms with E-state index in [-0.39, 0.29) is 17.7 Å². The minimum absolute atomic E-state index is 0.0256. The summed E-state index contributed by atoms with van der Waals surface area (Å²) in [5.41, 5.74) is 1.61. The van der Waals surface area contributed by atoms with Crippen LogP contribution in [0.15, 0.2) is 30.7 Å². The van der Waals surface area contributed by atoms with Gasteiger partial charge in [0.05, 0.1) is 5.69 Å². The van der Waals surface area contributed by atoms with Crippen molar-refractivity contribution in [2.24, 2.45) is 5.92 Å². The first-order valence-electron chi connectivity index (χ1n) is 7.12. The highest BCUT2D eigenvalue weighted by Gasteiger charge is 2.26. The Hall–Kier alpha value is -2.37. The van der Waals surface area contributed by atoms with Crippen LogP contribution in [0.1, 0.15) is 19.8 Å². The summed E-state index contributed by atoms with van der Waals surface area (Å²) in [5, 5.41) is 2.95. The molecule has 0 atom stereocenters. The van der Waals surface area contributed by atoms with E-state index in [0.29, 0.717) is 13.1 Å². The SMILES string of the molecule is CC(=O)N1CCC(C(=O)Nc2ccc3nccn3c2)CC1. The smallest absolute Gasteiger partial charge is 0.227 e. The first kappa shape index (κ1) is 13.6. The predicted molar refractivity (Wildman–Crippen MR) is 78.8 cm³/mol. The molecule has 1 aliphatic rings. The quantitative estimate of drug-likeness (QED) is 0.910. The zero-order chi connectivity index (χ0) is 14.8. The largest absolute Gasteiger partial charge is 0.343 e. The number of carbonyl (C=O) groups excluding carboxylic acids is 2. The fraction of sp³-hybridized carbons (Fsp3) is 0.400. The molecule has 6 heteroatoms. The Morgan fingerprint density at radius 2 is 2.05 bits per heavy atom. The van der Waals surface area contributed by atoms with Gasteiger partial charge in [-0.1, -0.05) is 0 Å². The summed E-state index contributed by atoms with van der Waals surface area (Å²) in [6.45, 7) is 2.89. The maximum absolute atomic E-state index is 12.3. The number of aromatic nitrogens is 2. The predicted octanol–water partition coefficient (Wildman–Crippen LogP) is 1.53. The number of anilines is 1. The summed E-state index contributed by atoms with van der Waals surface area (Å²) < 4.78 is 1.87. The second-order valence-electron chi connectivity index (χ2n) is 5.38. The molecule has 1 saturated heterocycles. The van der Waals surface area contributed by atoms with Gasteiger partial charge in [0.1, 0.15) is 5.65 Å². The van der Waals surface area contributed by atoms with Crippen molar-refractivity contribution >= 4 is 23.1 Å². The number of likely N-dealkylation sites (tertiary alicyclic amines) is 1. The lowest BCUT2D eigenvalue weighted by Gasteiger charge is -2.30. The van der Waals surface area contributed by atoms with Gasteiger partial charge in [-0.25, -0.2) is 4.98 Å². The highest BCUT2D eigenvalue weighted by atomic mass is 16.2. The molecule has 6 nitrogen and oxygen atoms in total. The fourth-order valence-electron chi connectivity index (χ4n) is 2.69. The molecule has 1 N–H and O–H groups in total. The maximum Gasteiger partial charge on any atom is 0.227 e. The molecule has 0 bridgehead atoms. The Balaban J connectivity index is 1.62. The molecule has 0 radical (unpaired) electrons. The fourth-order valence-corrected chi connectivity index (χ4v) is 2.69. The lowest BCUT2D eigenvalue weighted by molar-refractivity contribution is -0.132. The van der Waals surface area contributed by atoms with E-state index in [1.807, 2.05) is 28.9 Å². The molecule has 2 aromatic heterocycles. The van der Waals surface area contributed by atoms with Crippen molar-refractivity contribution in [1.82, 2.24) is 14.3 Å². The number of hydrogen-bond donors (Lipinski definition) is 1. The van der Waals surface area contributed by atoms with Crippen LogP contribution >= 0.6 is 0 Å². The van der Waals surface area contributed by atoms with Crippen LogP contribution in [0, 0.1) is 5.92 Å². The molecule has 0 aromatic carbocycles. The Labute approximate surface area is 122 Å². The third-order valence-corrected chi connectivity index (χ3v) is 3.97. The van der Waals surface area contributed by atoms with Gasteiger partial charge in [0.15, 0.2) is 0 Å². The van der Waals surface area contributed by atoms with Gasteiger partial charge in [-0.3, -0.25) is 9.59 Å². The Morgan fingerprint density at radius 3 is 2.76 bits per heavy atom. The van der Waals surface area contributed by atoms with Crippen LogP contribution in [0.2, 0.25) is 0 Å². The molecule has 0 unspecified atom stereocenters. The third-order valence-electron chi connectivity index (χ3n) is 3.97. The molecule has 1 aliphatic heterocycles. The second-order valence-corrected chi connectivity index (χ2v) is 5.38. The minimum Gasteiger partial charge on any atom is -0.343 e. The Morgan fingerprint density at radius 1 is 1.29 bits per heavy atom. The summed E-state index contributed by atoms with van der Waals surface area (Å²) in [4.78, 5) is 29.5. The molecular weight excluding hydrogens is 268 g/mol. The topological polar surface area (TPSA) is 66.7 Å². The van der Waals surface area contributed by atoms with E-state index in [0.717, 1.165) is 24.2 Å². The zero-order valence-corrected chi connectivity index (χ0v) is 12.0. The first-order chi connectivity index (χ1) is 10.1. The number of rotatable bonds is 2. The van der Waals surface area contributed by atoms with E-state index >= 15 is 0 Å². The summed E-state index contributed by atoms with van der Waals surface area (Å²) in [5.74, 6) is 0.0798. The van der Waals surface area contributed by atoms with Crippen LogP contribution in [0.5, 0.6) is 0 Å². The van der Waals surface area contributed by atoms with Crippen LogP contribution in [0.25, 0.3) is 5.65 Å². The van der Waals surface area contributed by atoms with Crippen molar-refractivity contribution in [3.8, 4) is 0 Å². The van der Waals surface area contributed by atoms with Crippen LogP contribution in [0.4, 0.5) is 5.69 Å². The van der Waals surface area contributed by atoms with Crippen molar-refractivity contribution in [2.75, 3.05) is 18.4 Å². The van der Waals surface area contributed by atoms with Gasteiger partial charge in [0, 0.05) is 44.5 Å². The number of piperidine rings is 1. The number of imidazole rings is 1. The lowest BCUT2D eigenvalue weighted by atomic mass is 9.96. The normalized spacial score (nSPS) is 16.1. The maximum atomic E-state index is 12.3. The summed E-state index contributed by atoms with van der Waals surface area (Å²) in [7, 11) is 0. The molecular formula is C15H18N4O2. The lowest BCUT2D eigenvalue weighted by Crippen LogP contribution is -2.40. The van der Waals surface area contributed by atoms with E-state index < -0.39 is 0 Å². The van der Waals surface area contributed by atoms with Gasteiger partial charge >= 0.3 is 0 Å². The molecule has 3 heterocycles. The number of carbonyl (C=O) groups is 2. The van der Waals surface area contributed by atoms with E-state index in [2.05, 4.69) is 10.3 Å². The van der Waals surface area contributed by atoms with Gasteiger partial charge in [0.25, 0.3) is 0 Å². The average Bonchev–Trinajstić information content (AvgIpc) is 2.95. The molecule has 110 valence electrons. The number of hydrogen-bond acceptors (Lipinski definition) is 3.